The number of ketones is 1. The van der Waals surface area contributed by atoms with Crippen molar-refractivity contribution in [2.24, 2.45) is 5.92 Å². The summed E-state index contributed by atoms with van der Waals surface area (Å²) in [5.41, 5.74) is 0.611. The molecule has 0 unspecified atom stereocenters. The minimum atomic E-state index is -1.97. The van der Waals surface area contributed by atoms with Crippen LogP contribution < -0.4 is 0 Å². The van der Waals surface area contributed by atoms with Crippen LogP contribution in [0.5, 0.6) is 0 Å². The number of carbonyl (C=O) groups is 2. The summed E-state index contributed by atoms with van der Waals surface area (Å²) in [6, 6.07) is 0. The molecule has 0 aromatic rings. The largest absolute Gasteiger partial charge is 0.458 e. The number of allylic oxidation sites excluding steroid dienone is 3. The lowest BCUT2D eigenvalue weighted by molar-refractivity contribution is -0.155. The van der Waals surface area contributed by atoms with Gasteiger partial charge in [0.1, 0.15) is 18.1 Å². The zero-order chi connectivity index (χ0) is 19.2. The summed E-state index contributed by atoms with van der Waals surface area (Å²) in [4.78, 5) is 24.4. The van der Waals surface area contributed by atoms with E-state index in [-0.39, 0.29) is 12.3 Å². The SMILES string of the molecule is C=C1/C=C(\C)[C@H](CC)OC(=O)CC(=O)[C@@](O)(CO)C/C(C)=C/[C@@H](C)C1. The molecular formula is C20H30O5. The Bertz CT molecular complexity index is 587. The van der Waals surface area contributed by atoms with Crippen LogP contribution in [0.3, 0.4) is 0 Å². The first-order valence-corrected chi connectivity index (χ1v) is 8.70. The van der Waals surface area contributed by atoms with Crippen molar-refractivity contribution in [1.82, 2.24) is 0 Å². The van der Waals surface area contributed by atoms with Gasteiger partial charge in [0, 0.05) is 6.42 Å². The average molecular weight is 350 g/mol. The average Bonchev–Trinajstić information content (AvgIpc) is 2.50. The number of Topliss-reactive ketones (excluding diaryl/α,β-unsaturated/α-hetero) is 1. The topological polar surface area (TPSA) is 83.8 Å². The van der Waals surface area contributed by atoms with Crippen molar-refractivity contribution in [1.29, 1.82) is 0 Å². The number of rotatable bonds is 2. The van der Waals surface area contributed by atoms with E-state index in [1.165, 1.54) is 0 Å². The van der Waals surface area contributed by atoms with E-state index in [1.807, 2.05) is 32.9 Å². The molecule has 1 rings (SSSR count). The van der Waals surface area contributed by atoms with Crippen LogP contribution in [0.4, 0.5) is 0 Å². The van der Waals surface area contributed by atoms with E-state index in [0.717, 1.165) is 16.7 Å². The second kappa shape index (κ2) is 9.11. The Kier molecular flexibility index (Phi) is 7.77. The minimum absolute atomic E-state index is 0.0154. The van der Waals surface area contributed by atoms with Gasteiger partial charge in [-0.3, -0.25) is 9.59 Å². The number of aliphatic hydroxyl groups is 2. The van der Waals surface area contributed by atoms with Gasteiger partial charge in [0.05, 0.1) is 6.61 Å². The molecule has 5 nitrogen and oxygen atoms in total. The molecule has 1 aliphatic heterocycles. The smallest absolute Gasteiger partial charge is 0.314 e. The Labute approximate surface area is 150 Å². The highest BCUT2D eigenvalue weighted by Crippen LogP contribution is 2.24. The lowest BCUT2D eigenvalue weighted by atomic mass is 9.87. The van der Waals surface area contributed by atoms with E-state index in [4.69, 9.17) is 4.74 Å². The van der Waals surface area contributed by atoms with Gasteiger partial charge in [-0.1, -0.05) is 43.7 Å². The normalized spacial score (nSPS) is 34.4. The summed E-state index contributed by atoms with van der Waals surface area (Å²) in [6.45, 7) is 10.9. The highest BCUT2D eigenvalue weighted by Gasteiger charge is 2.37. The summed E-state index contributed by atoms with van der Waals surface area (Å²) >= 11 is 0. The van der Waals surface area contributed by atoms with Gasteiger partial charge in [-0.2, -0.15) is 0 Å². The molecule has 0 saturated heterocycles. The number of ether oxygens (including phenoxy) is 1. The summed E-state index contributed by atoms with van der Waals surface area (Å²) in [7, 11) is 0. The van der Waals surface area contributed by atoms with E-state index in [1.54, 1.807) is 6.92 Å². The molecule has 1 aliphatic rings. The fourth-order valence-electron chi connectivity index (χ4n) is 3.19. The van der Waals surface area contributed by atoms with Gasteiger partial charge in [0.25, 0.3) is 0 Å². The quantitative estimate of drug-likeness (QED) is 0.454. The molecule has 140 valence electrons. The van der Waals surface area contributed by atoms with Gasteiger partial charge >= 0.3 is 5.97 Å². The summed E-state index contributed by atoms with van der Waals surface area (Å²) in [5, 5.41) is 20.0. The Morgan fingerprint density at radius 3 is 2.56 bits per heavy atom. The fourth-order valence-corrected chi connectivity index (χ4v) is 3.19. The zero-order valence-corrected chi connectivity index (χ0v) is 15.7. The van der Waals surface area contributed by atoms with Crippen LogP contribution in [0, 0.1) is 5.92 Å². The lowest BCUT2D eigenvalue weighted by Gasteiger charge is -2.26. The number of esters is 1. The summed E-state index contributed by atoms with van der Waals surface area (Å²) in [6.07, 6.45) is 4.17. The highest BCUT2D eigenvalue weighted by molar-refractivity contribution is 6.00. The number of hydrogen-bond donors (Lipinski definition) is 2. The van der Waals surface area contributed by atoms with Crippen LogP contribution in [-0.4, -0.2) is 40.3 Å². The molecule has 0 bridgehead atoms. The lowest BCUT2D eigenvalue weighted by Crippen LogP contribution is -2.44. The standard InChI is InChI=1S/C20H30O5/c1-6-17-16(5)9-14(3)7-13(2)8-15(4)11-20(24,12-21)18(22)10-19(23)25-17/h8-9,13,17,21,24H,3,6-7,10-12H2,1-2,4-5H3/b15-8+,16-9+/t13-,17-,20-/m0/s1. The summed E-state index contributed by atoms with van der Waals surface area (Å²) < 4.78 is 5.39. The van der Waals surface area contributed by atoms with E-state index in [9.17, 15) is 19.8 Å². The van der Waals surface area contributed by atoms with Crippen LogP contribution in [0.1, 0.15) is 53.4 Å². The highest BCUT2D eigenvalue weighted by atomic mass is 16.5. The maximum Gasteiger partial charge on any atom is 0.314 e. The third kappa shape index (κ3) is 6.25. The number of carbonyl (C=O) groups excluding carboxylic acids is 2. The predicted molar refractivity (Wildman–Crippen MR) is 96.9 cm³/mol. The van der Waals surface area contributed by atoms with Crippen LogP contribution in [0.15, 0.2) is 35.5 Å². The van der Waals surface area contributed by atoms with Crippen LogP contribution >= 0.6 is 0 Å². The molecule has 0 radical (unpaired) electrons. The maximum atomic E-state index is 12.3. The minimum Gasteiger partial charge on any atom is -0.458 e. The van der Waals surface area contributed by atoms with Crippen molar-refractivity contribution in [3.8, 4) is 0 Å². The van der Waals surface area contributed by atoms with Crippen molar-refractivity contribution in [3.63, 3.8) is 0 Å². The van der Waals surface area contributed by atoms with E-state index in [0.29, 0.717) is 12.8 Å². The Morgan fingerprint density at radius 2 is 2.00 bits per heavy atom. The monoisotopic (exact) mass is 350 g/mol. The second-order valence-electron chi connectivity index (χ2n) is 7.09. The molecule has 0 aliphatic carbocycles. The van der Waals surface area contributed by atoms with Gasteiger partial charge < -0.3 is 14.9 Å². The molecular weight excluding hydrogens is 320 g/mol. The molecule has 1 heterocycles. The number of hydrogen-bond acceptors (Lipinski definition) is 5. The van der Waals surface area contributed by atoms with Crippen molar-refractivity contribution >= 4 is 11.8 Å². The van der Waals surface area contributed by atoms with Crippen molar-refractivity contribution < 1.29 is 24.5 Å². The molecule has 3 atom stereocenters. The summed E-state index contributed by atoms with van der Waals surface area (Å²) in [5.74, 6) is -1.26. The third-order valence-corrected chi connectivity index (χ3v) is 4.39. The predicted octanol–water partition coefficient (Wildman–Crippen LogP) is 2.87. The van der Waals surface area contributed by atoms with Crippen molar-refractivity contribution in [3.05, 3.63) is 35.5 Å². The van der Waals surface area contributed by atoms with Crippen molar-refractivity contribution in [2.75, 3.05) is 6.61 Å². The molecule has 0 spiro atoms. The Balaban J connectivity index is 3.21. The first kappa shape index (κ1) is 21.3. The van der Waals surface area contributed by atoms with Gasteiger partial charge in [-0.25, -0.2) is 0 Å². The van der Waals surface area contributed by atoms with E-state index >= 15 is 0 Å². The molecule has 0 amide bonds. The molecule has 5 heteroatoms. The first-order valence-electron chi connectivity index (χ1n) is 8.70. The molecule has 0 aromatic carbocycles. The van der Waals surface area contributed by atoms with Gasteiger partial charge in [0.15, 0.2) is 5.78 Å². The maximum absolute atomic E-state index is 12.3. The van der Waals surface area contributed by atoms with E-state index < -0.39 is 36.5 Å². The fraction of sp³-hybridized carbons (Fsp3) is 0.600. The first-order chi connectivity index (χ1) is 11.6. The second-order valence-corrected chi connectivity index (χ2v) is 7.09. The van der Waals surface area contributed by atoms with Crippen LogP contribution in [0.25, 0.3) is 0 Å². The van der Waals surface area contributed by atoms with Gasteiger partial charge in [-0.15, -0.1) is 0 Å². The molecule has 0 aromatic heterocycles. The van der Waals surface area contributed by atoms with Crippen LogP contribution in [-0.2, 0) is 14.3 Å². The zero-order valence-electron chi connectivity index (χ0n) is 15.7. The molecule has 2 N–H and O–H groups in total. The van der Waals surface area contributed by atoms with Gasteiger partial charge in [0.2, 0.25) is 0 Å². The molecule has 25 heavy (non-hydrogen) atoms. The molecule has 0 fully saturated rings. The third-order valence-electron chi connectivity index (χ3n) is 4.39. The van der Waals surface area contributed by atoms with Crippen molar-refractivity contribution in [2.45, 2.75) is 65.1 Å². The molecule has 0 saturated carbocycles. The number of cyclic esters (lactones) is 1. The Hall–Kier alpha value is -1.72. The number of aliphatic hydroxyl groups excluding tert-OH is 1. The van der Waals surface area contributed by atoms with Crippen LogP contribution in [0.2, 0.25) is 0 Å². The Morgan fingerprint density at radius 1 is 1.36 bits per heavy atom. The van der Waals surface area contributed by atoms with E-state index in [2.05, 4.69) is 6.58 Å². The van der Waals surface area contributed by atoms with Gasteiger partial charge in [-0.05, 0) is 38.2 Å².